The average Bonchev–Trinajstić information content (AvgIpc) is 3.22. The molecule has 2 aliphatic rings. The van der Waals surface area contributed by atoms with E-state index in [1.807, 2.05) is 9.58 Å². The summed E-state index contributed by atoms with van der Waals surface area (Å²) in [7, 11) is 0. The first kappa shape index (κ1) is 20.3. The zero-order valence-corrected chi connectivity index (χ0v) is 18.0. The second kappa shape index (κ2) is 9.71. The van der Waals surface area contributed by atoms with E-state index in [4.69, 9.17) is 0 Å². The number of nitrogens with zero attached hydrogens (tertiary/aromatic N) is 6. The predicted octanol–water partition coefficient (Wildman–Crippen LogP) is 2.92. The fourth-order valence-electron chi connectivity index (χ4n) is 4.28. The van der Waals surface area contributed by atoms with Crippen LogP contribution in [0.15, 0.2) is 29.4 Å². The van der Waals surface area contributed by atoms with E-state index in [0.717, 1.165) is 50.7 Å². The Hall–Kier alpha value is -1.93. The number of amides is 1. The highest BCUT2D eigenvalue weighted by molar-refractivity contribution is 7.99. The van der Waals surface area contributed by atoms with Crippen LogP contribution in [0.4, 0.5) is 0 Å². The lowest BCUT2D eigenvalue weighted by atomic mass is 9.96. The third kappa shape index (κ3) is 5.36. The second-order valence-electron chi connectivity index (χ2n) is 8.13. The molecule has 8 heteroatoms. The van der Waals surface area contributed by atoms with E-state index in [9.17, 15) is 4.79 Å². The third-order valence-corrected chi connectivity index (χ3v) is 6.84. The van der Waals surface area contributed by atoms with E-state index in [1.54, 1.807) is 0 Å². The smallest absolute Gasteiger partial charge is 0.233 e. The molecule has 2 heterocycles. The Kier molecular flexibility index (Phi) is 6.82. The van der Waals surface area contributed by atoms with Crippen LogP contribution >= 0.6 is 11.8 Å². The summed E-state index contributed by atoms with van der Waals surface area (Å²) < 4.78 is 1.94. The van der Waals surface area contributed by atoms with Crippen molar-refractivity contribution in [3.63, 3.8) is 0 Å². The van der Waals surface area contributed by atoms with Crippen molar-refractivity contribution < 1.29 is 4.79 Å². The van der Waals surface area contributed by atoms with Crippen LogP contribution in [0.1, 0.15) is 49.3 Å². The number of piperazine rings is 1. The van der Waals surface area contributed by atoms with Gasteiger partial charge in [0.15, 0.2) is 0 Å². The van der Waals surface area contributed by atoms with Gasteiger partial charge < -0.3 is 4.90 Å². The molecule has 0 radical (unpaired) electrons. The summed E-state index contributed by atoms with van der Waals surface area (Å²) in [5, 5.41) is 13.0. The standard InChI is InChI=1S/C21H30N6OS/c1-17-6-5-7-18(14-17)15-25-10-12-26(13-11-25)20(28)16-29-21-22-23-24-27(21)19-8-3-2-4-9-19/h5-7,14,19H,2-4,8-13,15-16H2,1H3. The number of tetrazole rings is 1. The minimum absolute atomic E-state index is 0.184. The average molecular weight is 415 g/mol. The summed E-state index contributed by atoms with van der Waals surface area (Å²) in [6, 6.07) is 9.05. The minimum atomic E-state index is 0.184. The lowest BCUT2D eigenvalue weighted by Gasteiger charge is -2.34. The molecule has 1 saturated carbocycles. The molecule has 1 amide bonds. The Morgan fingerprint density at radius 1 is 1.14 bits per heavy atom. The molecule has 1 aliphatic heterocycles. The molecule has 0 N–H and O–H groups in total. The van der Waals surface area contributed by atoms with Crippen molar-refractivity contribution in [1.82, 2.24) is 30.0 Å². The highest BCUT2D eigenvalue weighted by Crippen LogP contribution is 2.30. The van der Waals surface area contributed by atoms with Crippen LogP contribution in [0.3, 0.4) is 0 Å². The molecule has 1 aromatic carbocycles. The van der Waals surface area contributed by atoms with E-state index < -0.39 is 0 Å². The van der Waals surface area contributed by atoms with Gasteiger partial charge in [-0.1, -0.05) is 60.9 Å². The predicted molar refractivity (Wildman–Crippen MR) is 114 cm³/mol. The zero-order valence-electron chi connectivity index (χ0n) is 17.2. The maximum absolute atomic E-state index is 12.7. The zero-order chi connectivity index (χ0) is 20.1. The van der Waals surface area contributed by atoms with Crippen LogP contribution in [0.5, 0.6) is 0 Å². The number of hydrogen-bond acceptors (Lipinski definition) is 6. The topological polar surface area (TPSA) is 67.2 Å². The highest BCUT2D eigenvalue weighted by Gasteiger charge is 2.24. The summed E-state index contributed by atoms with van der Waals surface area (Å²) in [5.74, 6) is 0.591. The van der Waals surface area contributed by atoms with Gasteiger partial charge in [-0.05, 0) is 35.8 Å². The molecule has 1 saturated heterocycles. The lowest BCUT2D eigenvalue weighted by molar-refractivity contribution is -0.130. The lowest BCUT2D eigenvalue weighted by Crippen LogP contribution is -2.48. The van der Waals surface area contributed by atoms with E-state index in [2.05, 4.69) is 51.6 Å². The summed E-state index contributed by atoms with van der Waals surface area (Å²) in [6.45, 7) is 6.50. The first-order chi connectivity index (χ1) is 14.2. The number of benzene rings is 1. The Bertz CT molecular complexity index is 811. The summed E-state index contributed by atoms with van der Waals surface area (Å²) >= 11 is 1.48. The monoisotopic (exact) mass is 414 g/mol. The van der Waals surface area contributed by atoms with Crippen molar-refractivity contribution in [3.8, 4) is 0 Å². The van der Waals surface area contributed by atoms with Gasteiger partial charge in [0.25, 0.3) is 0 Å². The van der Waals surface area contributed by atoms with E-state index in [1.165, 1.54) is 42.2 Å². The first-order valence-corrected chi connectivity index (χ1v) is 11.6. The fourth-order valence-corrected chi connectivity index (χ4v) is 5.12. The fraction of sp³-hybridized carbons (Fsp3) is 0.619. The van der Waals surface area contributed by atoms with Gasteiger partial charge in [-0.15, -0.1) is 5.10 Å². The Morgan fingerprint density at radius 3 is 2.69 bits per heavy atom. The van der Waals surface area contributed by atoms with Crippen LogP contribution in [0.25, 0.3) is 0 Å². The molecule has 7 nitrogen and oxygen atoms in total. The van der Waals surface area contributed by atoms with E-state index in [0.29, 0.717) is 11.8 Å². The van der Waals surface area contributed by atoms with Gasteiger partial charge in [0.2, 0.25) is 11.1 Å². The quantitative estimate of drug-likeness (QED) is 0.677. The maximum atomic E-state index is 12.7. The van der Waals surface area contributed by atoms with Gasteiger partial charge in [0, 0.05) is 32.7 Å². The second-order valence-corrected chi connectivity index (χ2v) is 9.08. The Balaban J connectivity index is 1.24. The molecule has 0 unspecified atom stereocenters. The molecule has 156 valence electrons. The molecular weight excluding hydrogens is 384 g/mol. The molecule has 2 fully saturated rings. The van der Waals surface area contributed by atoms with Crippen molar-refractivity contribution in [2.45, 2.75) is 56.8 Å². The number of carbonyl (C=O) groups is 1. The van der Waals surface area contributed by atoms with Crippen molar-refractivity contribution in [2.75, 3.05) is 31.9 Å². The van der Waals surface area contributed by atoms with Crippen LogP contribution < -0.4 is 0 Å². The maximum Gasteiger partial charge on any atom is 0.233 e. The van der Waals surface area contributed by atoms with Crippen LogP contribution in [-0.4, -0.2) is 67.8 Å². The van der Waals surface area contributed by atoms with Crippen molar-refractivity contribution in [3.05, 3.63) is 35.4 Å². The van der Waals surface area contributed by atoms with Gasteiger partial charge in [0.05, 0.1) is 11.8 Å². The number of thioether (sulfide) groups is 1. The summed E-state index contributed by atoms with van der Waals surface area (Å²) in [6.07, 6.45) is 6.04. The first-order valence-electron chi connectivity index (χ1n) is 10.7. The number of carbonyl (C=O) groups excluding carboxylic acids is 1. The summed E-state index contributed by atoms with van der Waals surface area (Å²) in [4.78, 5) is 17.1. The van der Waals surface area contributed by atoms with Crippen molar-refractivity contribution >= 4 is 17.7 Å². The number of hydrogen-bond donors (Lipinski definition) is 0. The Labute approximate surface area is 176 Å². The molecule has 0 atom stereocenters. The van der Waals surface area contributed by atoms with Gasteiger partial charge in [-0.25, -0.2) is 4.68 Å². The molecule has 29 heavy (non-hydrogen) atoms. The SMILES string of the molecule is Cc1cccc(CN2CCN(C(=O)CSc3nnnn3C3CCCCC3)CC2)c1. The van der Waals surface area contributed by atoms with E-state index in [-0.39, 0.29) is 5.91 Å². The van der Waals surface area contributed by atoms with Crippen LogP contribution in [-0.2, 0) is 11.3 Å². The minimum Gasteiger partial charge on any atom is -0.339 e. The molecule has 1 aliphatic carbocycles. The molecule has 1 aromatic heterocycles. The van der Waals surface area contributed by atoms with Crippen LogP contribution in [0, 0.1) is 6.92 Å². The van der Waals surface area contributed by atoms with Crippen molar-refractivity contribution in [1.29, 1.82) is 0 Å². The number of rotatable bonds is 6. The van der Waals surface area contributed by atoms with Gasteiger partial charge in [-0.2, -0.15) is 0 Å². The summed E-state index contributed by atoms with van der Waals surface area (Å²) in [5.41, 5.74) is 2.64. The van der Waals surface area contributed by atoms with Gasteiger partial charge in [0.1, 0.15) is 0 Å². The molecule has 0 bridgehead atoms. The largest absolute Gasteiger partial charge is 0.339 e. The van der Waals surface area contributed by atoms with Crippen LogP contribution in [0.2, 0.25) is 0 Å². The highest BCUT2D eigenvalue weighted by atomic mass is 32.2. The molecule has 4 rings (SSSR count). The van der Waals surface area contributed by atoms with E-state index >= 15 is 0 Å². The number of aromatic nitrogens is 4. The molecular formula is C21H30N6OS. The molecule has 2 aromatic rings. The van der Waals surface area contributed by atoms with Gasteiger partial charge in [-0.3, -0.25) is 9.69 Å². The number of aryl methyl sites for hydroxylation is 1. The Morgan fingerprint density at radius 2 is 1.93 bits per heavy atom. The van der Waals surface area contributed by atoms with Crippen molar-refractivity contribution in [2.24, 2.45) is 0 Å². The van der Waals surface area contributed by atoms with Gasteiger partial charge >= 0.3 is 0 Å². The molecule has 0 spiro atoms. The third-order valence-electron chi connectivity index (χ3n) is 5.92. The normalized spacial score (nSPS) is 18.9.